The van der Waals surface area contributed by atoms with Crippen LogP contribution in [0.1, 0.15) is 55.4 Å². The summed E-state index contributed by atoms with van der Waals surface area (Å²) >= 11 is 0. The third-order valence-electron chi connectivity index (χ3n) is 5.39. The highest BCUT2D eigenvalue weighted by Crippen LogP contribution is 2.19. The lowest BCUT2D eigenvalue weighted by molar-refractivity contribution is -0.384. The molecular formula is C23H32N4O3. The Morgan fingerprint density at radius 3 is 2.37 bits per heavy atom. The maximum Gasteiger partial charge on any atom is 0.269 e. The van der Waals surface area contributed by atoms with Gasteiger partial charge >= 0.3 is 0 Å². The van der Waals surface area contributed by atoms with Crippen LogP contribution in [-0.4, -0.2) is 51.3 Å². The number of nitro groups is 1. The van der Waals surface area contributed by atoms with Crippen LogP contribution in [0.15, 0.2) is 42.5 Å². The molecule has 0 saturated heterocycles. The van der Waals surface area contributed by atoms with Crippen molar-refractivity contribution in [2.24, 2.45) is 0 Å². The Morgan fingerprint density at radius 1 is 1.13 bits per heavy atom. The normalized spacial score (nSPS) is 12.0. The van der Waals surface area contributed by atoms with E-state index in [1.807, 2.05) is 30.0 Å². The van der Waals surface area contributed by atoms with Crippen LogP contribution in [0, 0.1) is 17.0 Å². The Balaban J connectivity index is 2.18. The number of carbonyl (C=O) groups is 1. The van der Waals surface area contributed by atoms with E-state index in [1.165, 1.54) is 24.3 Å². The zero-order valence-corrected chi connectivity index (χ0v) is 18.4. The van der Waals surface area contributed by atoms with E-state index in [2.05, 4.69) is 30.7 Å². The number of amides is 1. The number of rotatable bonds is 11. The van der Waals surface area contributed by atoms with E-state index in [1.54, 1.807) is 0 Å². The highest BCUT2D eigenvalue weighted by Gasteiger charge is 2.23. The molecule has 0 saturated carbocycles. The summed E-state index contributed by atoms with van der Waals surface area (Å²) in [5.41, 5.74) is 2.17. The Bertz CT molecular complexity index is 835. The number of hydrogen-bond donors (Lipinski definition) is 0. The molecule has 1 unspecified atom stereocenters. The van der Waals surface area contributed by atoms with Gasteiger partial charge < -0.3 is 9.80 Å². The second kappa shape index (κ2) is 11.4. The van der Waals surface area contributed by atoms with E-state index in [0.29, 0.717) is 12.1 Å². The van der Waals surface area contributed by atoms with E-state index in [4.69, 9.17) is 0 Å². The third-order valence-corrected chi connectivity index (χ3v) is 5.39. The summed E-state index contributed by atoms with van der Waals surface area (Å²) in [5.74, 6) is -0.136. The van der Waals surface area contributed by atoms with Crippen LogP contribution >= 0.6 is 0 Å². The molecule has 2 rings (SSSR count). The van der Waals surface area contributed by atoms with Gasteiger partial charge in [0.25, 0.3) is 11.6 Å². The van der Waals surface area contributed by atoms with Crippen molar-refractivity contribution in [2.45, 2.75) is 53.1 Å². The van der Waals surface area contributed by atoms with Crippen molar-refractivity contribution in [1.29, 1.82) is 0 Å². The molecule has 0 N–H and O–H groups in total. The molecule has 0 fully saturated rings. The van der Waals surface area contributed by atoms with Gasteiger partial charge in [-0.05, 0) is 70.6 Å². The number of aromatic nitrogens is 1. The minimum absolute atomic E-state index is 0.0190. The lowest BCUT2D eigenvalue weighted by Crippen LogP contribution is -2.39. The first-order valence-electron chi connectivity index (χ1n) is 10.6. The molecule has 1 heterocycles. The smallest absolute Gasteiger partial charge is 0.269 e. The number of nitro benzene ring substituents is 1. The number of aryl methyl sites for hydroxylation is 1. The first-order chi connectivity index (χ1) is 14.3. The molecule has 0 aliphatic heterocycles. The molecule has 162 valence electrons. The lowest BCUT2D eigenvalue weighted by Gasteiger charge is -2.30. The zero-order chi connectivity index (χ0) is 22.1. The van der Waals surface area contributed by atoms with E-state index < -0.39 is 4.92 Å². The molecule has 7 heteroatoms. The monoisotopic (exact) mass is 412 g/mol. The van der Waals surface area contributed by atoms with Crippen LogP contribution in [0.5, 0.6) is 0 Å². The predicted octanol–water partition coefficient (Wildman–Crippen LogP) is 4.45. The average molecular weight is 413 g/mol. The molecule has 2 aromatic rings. The number of carbonyl (C=O) groups excluding carboxylic acids is 1. The van der Waals surface area contributed by atoms with Crippen LogP contribution in [0.3, 0.4) is 0 Å². The Hall–Kier alpha value is -2.80. The van der Waals surface area contributed by atoms with Crippen molar-refractivity contribution in [3.05, 3.63) is 69.5 Å². The minimum atomic E-state index is -0.460. The summed E-state index contributed by atoms with van der Waals surface area (Å²) in [7, 11) is 0. The fraction of sp³-hybridized carbons (Fsp3) is 0.478. The standard InChI is InChI=1S/C23H32N4O3/c1-5-25(6-2)16-8-10-19(4)26(17-21-11-7-9-18(3)24-21)23(28)20-12-14-22(15-13-20)27(29)30/h7,9,11-15,19H,5-6,8,10,16-17H2,1-4H3. The topological polar surface area (TPSA) is 79.6 Å². The molecule has 0 bridgehead atoms. The highest BCUT2D eigenvalue weighted by atomic mass is 16.6. The summed E-state index contributed by atoms with van der Waals surface area (Å²) in [6.07, 6.45) is 1.87. The first-order valence-corrected chi connectivity index (χ1v) is 10.6. The fourth-order valence-corrected chi connectivity index (χ4v) is 3.49. The van der Waals surface area contributed by atoms with Crippen LogP contribution < -0.4 is 0 Å². The van der Waals surface area contributed by atoms with Crippen LogP contribution in [-0.2, 0) is 6.54 Å². The van der Waals surface area contributed by atoms with Gasteiger partial charge in [-0.15, -0.1) is 0 Å². The van der Waals surface area contributed by atoms with Crippen LogP contribution in [0.2, 0.25) is 0 Å². The van der Waals surface area contributed by atoms with Gasteiger partial charge in [0.15, 0.2) is 0 Å². The molecule has 1 amide bonds. The summed E-state index contributed by atoms with van der Waals surface area (Å²) < 4.78 is 0. The summed E-state index contributed by atoms with van der Waals surface area (Å²) in [6, 6.07) is 11.6. The Labute approximate surface area is 178 Å². The van der Waals surface area contributed by atoms with Crippen molar-refractivity contribution in [3.63, 3.8) is 0 Å². The number of hydrogen-bond acceptors (Lipinski definition) is 5. The molecule has 0 aliphatic rings. The summed E-state index contributed by atoms with van der Waals surface area (Å²) in [5, 5.41) is 10.9. The number of pyridine rings is 1. The molecule has 0 aliphatic carbocycles. The van der Waals surface area contributed by atoms with Gasteiger partial charge in [-0.25, -0.2) is 0 Å². The van der Waals surface area contributed by atoms with Crippen LogP contribution in [0.25, 0.3) is 0 Å². The van der Waals surface area contributed by atoms with Gasteiger partial charge in [-0.3, -0.25) is 19.9 Å². The van der Waals surface area contributed by atoms with Gasteiger partial charge in [0, 0.05) is 29.4 Å². The quantitative estimate of drug-likeness (QED) is 0.402. The maximum absolute atomic E-state index is 13.3. The Morgan fingerprint density at radius 2 is 1.80 bits per heavy atom. The molecule has 1 aromatic heterocycles. The molecular weight excluding hydrogens is 380 g/mol. The summed E-state index contributed by atoms with van der Waals surface area (Å²) in [6.45, 7) is 11.7. The van der Waals surface area contributed by atoms with Gasteiger partial charge in [-0.1, -0.05) is 19.9 Å². The van der Waals surface area contributed by atoms with Crippen LogP contribution in [0.4, 0.5) is 5.69 Å². The van der Waals surface area contributed by atoms with Gasteiger partial charge in [0.05, 0.1) is 17.2 Å². The molecule has 0 spiro atoms. The SMILES string of the molecule is CCN(CC)CCCC(C)N(Cc1cccc(C)n1)C(=O)c1ccc([N+](=O)[O-])cc1. The number of benzene rings is 1. The van der Waals surface area contributed by atoms with Gasteiger partial charge in [-0.2, -0.15) is 0 Å². The van der Waals surface area contributed by atoms with Crippen molar-refractivity contribution < 1.29 is 9.72 Å². The fourth-order valence-electron chi connectivity index (χ4n) is 3.49. The maximum atomic E-state index is 13.3. The van der Waals surface area contributed by atoms with Crippen molar-refractivity contribution in [3.8, 4) is 0 Å². The lowest BCUT2D eigenvalue weighted by atomic mass is 10.1. The third kappa shape index (κ3) is 6.62. The predicted molar refractivity (Wildman–Crippen MR) is 118 cm³/mol. The van der Waals surface area contributed by atoms with Crippen molar-refractivity contribution in [1.82, 2.24) is 14.8 Å². The van der Waals surface area contributed by atoms with E-state index in [0.717, 1.165) is 43.9 Å². The Kier molecular flexibility index (Phi) is 8.92. The molecule has 1 atom stereocenters. The highest BCUT2D eigenvalue weighted by molar-refractivity contribution is 5.94. The second-order valence-corrected chi connectivity index (χ2v) is 7.53. The number of non-ortho nitro benzene ring substituents is 1. The second-order valence-electron chi connectivity index (χ2n) is 7.53. The average Bonchev–Trinajstić information content (AvgIpc) is 2.74. The van der Waals surface area contributed by atoms with E-state index >= 15 is 0 Å². The molecule has 30 heavy (non-hydrogen) atoms. The molecule has 7 nitrogen and oxygen atoms in total. The first kappa shape index (κ1) is 23.5. The largest absolute Gasteiger partial charge is 0.330 e. The zero-order valence-electron chi connectivity index (χ0n) is 18.4. The molecule has 0 radical (unpaired) electrons. The minimum Gasteiger partial charge on any atom is -0.330 e. The van der Waals surface area contributed by atoms with Crippen molar-refractivity contribution >= 4 is 11.6 Å². The summed E-state index contributed by atoms with van der Waals surface area (Å²) in [4.78, 5) is 32.5. The number of nitrogens with zero attached hydrogens (tertiary/aromatic N) is 4. The van der Waals surface area contributed by atoms with Crippen molar-refractivity contribution in [2.75, 3.05) is 19.6 Å². The molecule has 1 aromatic carbocycles. The van der Waals surface area contributed by atoms with Gasteiger partial charge in [0.1, 0.15) is 0 Å². The van der Waals surface area contributed by atoms with Gasteiger partial charge in [0.2, 0.25) is 0 Å². The van der Waals surface area contributed by atoms with E-state index in [-0.39, 0.29) is 17.6 Å². The van der Waals surface area contributed by atoms with E-state index in [9.17, 15) is 14.9 Å².